The summed E-state index contributed by atoms with van der Waals surface area (Å²) in [6, 6.07) is 30.6. The smallest absolute Gasteiger partial charge is 0.250 e. The predicted molar refractivity (Wildman–Crippen MR) is 225 cm³/mol. The van der Waals surface area contributed by atoms with E-state index in [4.69, 9.17) is 9.98 Å². The molecule has 0 N–H and O–H groups in total. The summed E-state index contributed by atoms with van der Waals surface area (Å²) in [4.78, 5) is 15.4. The zero-order chi connectivity index (χ0) is 35.2. The van der Waals surface area contributed by atoms with Gasteiger partial charge in [0.25, 0.3) is 22.1 Å². The second kappa shape index (κ2) is 13.1. The predicted octanol–water partition coefficient (Wildman–Crippen LogP) is 9.99. The molecule has 0 fully saturated rings. The molecular weight excluding hydrogens is 768 g/mol. The molecule has 0 atom stereocenters. The Morgan fingerprint density at radius 2 is 0.889 bits per heavy atom. The molecule has 0 amide bonds. The van der Waals surface area contributed by atoms with Gasteiger partial charge in [-0.25, -0.2) is 0 Å². The number of fused-ring (bicyclic) bond motifs is 6. The van der Waals surface area contributed by atoms with E-state index in [9.17, 15) is 0 Å². The quantitative estimate of drug-likeness (QED) is 0.126. The number of pyridine rings is 4. The van der Waals surface area contributed by atoms with Crippen LogP contribution in [-0.2, 0) is 26.2 Å². The van der Waals surface area contributed by atoms with E-state index in [0.29, 0.717) is 0 Å². The molecule has 0 saturated heterocycles. The van der Waals surface area contributed by atoms with Crippen molar-refractivity contribution in [1.82, 2.24) is 0 Å². The van der Waals surface area contributed by atoms with Gasteiger partial charge in [0.05, 0.1) is 44.3 Å². The van der Waals surface area contributed by atoms with Crippen LogP contribution in [0.5, 0.6) is 0 Å². The minimum atomic E-state index is 0. The van der Waals surface area contributed by atoms with Gasteiger partial charge in [0.2, 0.25) is 0 Å². The molecule has 7 aromatic heterocycles. The lowest BCUT2D eigenvalue weighted by molar-refractivity contribution is -0.872. The van der Waals surface area contributed by atoms with E-state index in [1.165, 1.54) is 91.4 Å². The zero-order valence-electron chi connectivity index (χ0n) is 28.0. The van der Waals surface area contributed by atoms with Crippen LogP contribution in [0.4, 0.5) is 11.4 Å². The first kappa shape index (κ1) is 33.7. The van der Waals surface area contributed by atoms with Gasteiger partial charge in [0, 0.05) is 78.3 Å². The third kappa shape index (κ3) is 4.96. The number of halogens is 2. The van der Waals surface area contributed by atoms with E-state index < -0.39 is 0 Å². The molecule has 13 rings (SSSR count). The summed E-state index contributed by atoms with van der Waals surface area (Å²) in [6.45, 7) is 1.78. The minimum Gasteiger partial charge on any atom is -0.250 e. The molecule has 11 heteroatoms. The Morgan fingerprint density at radius 1 is 0.463 bits per heavy atom. The molecular formula is C43H32Cl2N6S3+4. The fourth-order valence-electron chi connectivity index (χ4n) is 8.58. The van der Waals surface area contributed by atoms with Crippen molar-refractivity contribution in [2.45, 2.75) is 33.6 Å². The highest BCUT2D eigenvalue weighted by molar-refractivity contribution is 7.22. The Bertz CT molecular complexity index is 3040. The molecule has 4 aliphatic rings. The summed E-state index contributed by atoms with van der Waals surface area (Å²) >= 11 is 5.42. The maximum atomic E-state index is 5.17. The van der Waals surface area contributed by atoms with Gasteiger partial charge in [0.15, 0.2) is 24.8 Å². The van der Waals surface area contributed by atoms with Gasteiger partial charge >= 0.3 is 13.3 Å². The first-order valence-electron chi connectivity index (χ1n) is 17.3. The second-order valence-corrected chi connectivity index (χ2v) is 16.5. The van der Waals surface area contributed by atoms with Crippen molar-refractivity contribution >= 4 is 122 Å². The van der Waals surface area contributed by atoms with Crippen LogP contribution in [0.25, 0.3) is 53.4 Å². The summed E-state index contributed by atoms with van der Waals surface area (Å²) in [6.07, 6.45) is 10.5. The van der Waals surface area contributed by atoms with Crippen molar-refractivity contribution in [2.75, 3.05) is 0 Å². The van der Waals surface area contributed by atoms with E-state index in [1.54, 1.807) is 22.7 Å². The minimum absolute atomic E-state index is 0. The first-order valence-corrected chi connectivity index (χ1v) is 21.0. The van der Waals surface area contributed by atoms with Crippen molar-refractivity contribution in [3.63, 3.8) is 0 Å². The van der Waals surface area contributed by atoms with Crippen LogP contribution < -0.4 is 18.3 Å². The molecule has 54 heavy (non-hydrogen) atoms. The van der Waals surface area contributed by atoms with Gasteiger partial charge in [-0.15, -0.1) is 52.3 Å². The molecule has 6 nitrogen and oxygen atoms in total. The number of benzene rings is 2. The monoisotopic (exact) mass is 798 g/mol. The lowest BCUT2D eigenvalue weighted by Gasteiger charge is -2.01. The molecule has 0 unspecified atom stereocenters. The molecule has 0 bridgehead atoms. The lowest BCUT2D eigenvalue weighted by Crippen LogP contribution is -2.45. The Kier molecular flexibility index (Phi) is 8.19. The topological polar surface area (TPSA) is 40.2 Å². The van der Waals surface area contributed by atoms with Gasteiger partial charge in [0.1, 0.15) is 0 Å². The Labute approximate surface area is 333 Å². The number of aromatic nitrogens is 4. The van der Waals surface area contributed by atoms with Crippen LogP contribution in [0, 0.1) is 0 Å². The number of rotatable bonds is 3. The van der Waals surface area contributed by atoms with Gasteiger partial charge in [-0.1, -0.05) is 19.6 Å². The van der Waals surface area contributed by atoms with Crippen molar-refractivity contribution in [2.24, 2.45) is 9.98 Å². The summed E-state index contributed by atoms with van der Waals surface area (Å²) in [5.41, 5.74) is 12.8. The van der Waals surface area contributed by atoms with Gasteiger partial charge in [-0.3, -0.25) is 9.98 Å². The van der Waals surface area contributed by atoms with E-state index in [-0.39, 0.29) is 7.43 Å². The third-order valence-corrected chi connectivity index (χ3v) is 13.8. The number of aliphatic imine (C=N–C) groups is 2. The van der Waals surface area contributed by atoms with Crippen molar-refractivity contribution < 1.29 is 18.3 Å². The molecule has 0 saturated carbocycles. The average molecular weight is 800 g/mol. The number of hydrogen-bond donors (Lipinski definition) is 0. The van der Waals surface area contributed by atoms with E-state index >= 15 is 0 Å². The Morgan fingerprint density at radius 3 is 1.37 bits per heavy atom. The number of nitrogens with zero attached hydrogens (tertiary/aromatic N) is 6. The fraction of sp³-hybridized carbons (Fsp3) is 0.116. The van der Waals surface area contributed by atoms with E-state index in [0.717, 1.165) is 31.9 Å². The van der Waals surface area contributed by atoms with Crippen molar-refractivity contribution in [1.29, 1.82) is 0 Å². The van der Waals surface area contributed by atoms with Gasteiger partial charge in [-0.05, 0) is 70.4 Å². The third-order valence-electron chi connectivity index (χ3n) is 10.7. The lowest BCUT2D eigenvalue weighted by atomic mass is 9.99. The molecule has 262 valence electrons. The van der Waals surface area contributed by atoms with Crippen LogP contribution >= 0.6 is 55.7 Å². The maximum Gasteiger partial charge on any atom is 0.345 e. The number of thiophene rings is 3. The molecule has 9 aromatic rings. The molecule has 0 spiro atoms. The van der Waals surface area contributed by atoms with Crippen LogP contribution in [0.2, 0.25) is 0 Å². The van der Waals surface area contributed by atoms with Crippen LogP contribution in [0.15, 0.2) is 130 Å². The van der Waals surface area contributed by atoms with E-state index in [2.05, 4.69) is 160 Å². The largest absolute Gasteiger partial charge is 0.345 e. The summed E-state index contributed by atoms with van der Waals surface area (Å²) in [5, 5.41) is 9.51. The van der Waals surface area contributed by atoms with Gasteiger partial charge < -0.3 is 0 Å². The van der Waals surface area contributed by atoms with Crippen molar-refractivity contribution in [3.8, 4) is 9.75 Å². The second-order valence-electron chi connectivity index (χ2n) is 13.5. The van der Waals surface area contributed by atoms with Crippen LogP contribution in [-0.4, -0.2) is 11.4 Å². The molecule has 0 radical (unpaired) electrons. The first-order chi connectivity index (χ1) is 26.3. The normalized spacial score (nSPS) is 13.9. The molecule has 4 aliphatic heterocycles. The zero-order valence-corrected chi connectivity index (χ0v) is 32.0. The average Bonchev–Trinajstić information content (AvgIpc) is 4.05. The van der Waals surface area contributed by atoms with Crippen molar-refractivity contribution in [3.05, 3.63) is 141 Å². The van der Waals surface area contributed by atoms with Crippen LogP contribution in [0.1, 0.15) is 28.3 Å². The maximum absolute atomic E-state index is 5.17. The van der Waals surface area contributed by atoms with E-state index in [1.807, 2.05) is 11.3 Å². The Balaban J connectivity index is 0.000000128. The Hall–Kier alpha value is -4.90. The summed E-state index contributed by atoms with van der Waals surface area (Å²) in [7, 11) is 8.22. The highest BCUT2D eigenvalue weighted by Gasteiger charge is 2.37. The highest BCUT2D eigenvalue weighted by atomic mass is 36.5. The fourth-order valence-corrected chi connectivity index (χ4v) is 11.1. The molecule has 0 aliphatic carbocycles. The standard InChI is InChI=1S/C23H15N3S2.C19H13N3S.CH4.Cl2/c1-4-14-16-12-17(18-7-8-20(28-18)19-6-3-11-27-19)24-21(16)15-5-2-10-26-13-25(9-1)22(14)23(15)26;1-4-12-14-10-15(16-6-3-9-23-16)20-17(14)13-5-2-8-22-11-21(7-1)18(12)19(13)22;;1-2/h1-11H,12-13H2;1-9H,10-11H2;1H4;/q2*+2;;. The molecule has 2 aromatic carbocycles. The SMILES string of the molecule is C.ClCl.c1csc(-c2ccc(C3=Nc4c(c5ccc[n+]6c5c5c4ccc[n+]5C6)C3)s2)c1.c1csc(C2=Nc3c(c4ccc[n+]5c4c4c3ccc[n+]4C5)C2)c1. The highest BCUT2D eigenvalue weighted by Crippen LogP contribution is 2.43. The van der Waals surface area contributed by atoms with Crippen LogP contribution in [0.3, 0.4) is 0 Å². The number of hydrogen-bond acceptors (Lipinski definition) is 5. The molecule has 11 heterocycles. The summed E-state index contributed by atoms with van der Waals surface area (Å²) in [5.74, 6) is 0. The summed E-state index contributed by atoms with van der Waals surface area (Å²) < 4.78 is 9.37. The van der Waals surface area contributed by atoms with Gasteiger partial charge in [-0.2, -0.15) is 0 Å².